The zero-order valence-corrected chi connectivity index (χ0v) is 16.7. The van der Waals surface area contributed by atoms with E-state index in [2.05, 4.69) is 5.10 Å². The first-order valence-corrected chi connectivity index (χ1v) is 9.08. The van der Waals surface area contributed by atoms with Crippen LogP contribution in [0.5, 0.6) is 11.6 Å². The molecule has 0 saturated carbocycles. The number of hydrogen-bond acceptors (Lipinski definition) is 4. The van der Waals surface area contributed by atoms with Crippen LogP contribution >= 0.6 is 0 Å². The molecule has 0 bridgehead atoms. The van der Waals surface area contributed by atoms with Gasteiger partial charge in [-0.1, -0.05) is 23.3 Å². The first-order valence-electron chi connectivity index (χ1n) is 9.08. The van der Waals surface area contributed by atoms with E-state index in [1.54, 1.807) is 52.6 Å². The number of fused-ring (bicyclic) bond motifs is 1. The van der Waals surface area contributed by atoms with E-state index in [0.717, 1.165) is 0 Å². The van der Waals surface area contributed by atoms with Crippen LogP contribution in [0.25, 0.3) is 16.8 Å². The number of aromatic hydroxyl groups is 1. The molecule has 146 valence electrons. The molecule has 3 rings (SSSR count). The summed E-state index contributed by atoms with van der Waals surface area (Å²) in [7, 11) is 7.48. The zero-order valence-electron chi connectivity index (χ0n) is 16.7. The number of hydrogen-bond donors (Lipinski definition) is 1. The Morgan fingerprint density at radius 3 is 2.71 bits per heavy atom. The molecule has 0 aliphatic heterocycles. The molecule has 0 aliphatic carbocycles. The van der Waals surface area contributed by atoms with Crippen LogP contribution in [0, 0.1) is 0 Å². The number of aryl methyl sites for hydroxylation is 1. The maximum Gasteiger partial charge on any atom is 0.354 e. The maximum absolute atomic E-state index is 13.1. The van der Waals surface area contributed by atoms with Crippen molar-refractivity contribution in [1.82, 2.24) is 4.40 Å². The Labute approximate surface area is 164 Å². The smallest absolute Gasteiger partial charge is 0.354 e. The summed E-state index contributed by atoms with van der Waals surface area (Å²) >= 11 is 0. The topological polar surface area (TPSA) is 67.2 Å². The average Bonchev–Trinajstić information content (AvgIpc) is 2.67. The largest absolute Gasteiger partial charge is 0.497 e. The molecule has 0 saturated heterocycles. The molecule has 1 aromatic carbocycles. The van der Waals surface area contributed by atoms with E-state index in [4.69, 9.17) is 4.74 Å². The molecule has 1 N–H and O–H groups in total. The predicted molar refractivity (Wildman–Crippen MR) is 109 cm³/mol. The van der Waals surface area contributed by atoms with Crippen LogP contribution in [-0.4, -0.2) is 48.6 Å². The molecule has 0 spiro atoms. The quantitative estimate of drug-likeness (QED) is 0.307. The van der Waals surface area contributed by atoms with Crippen molar-refractivity contribution in [2.24, 2.45) is 5.10 Å². The predicted octanol–water partition coefficient (Wildman–Crippen LogP) is 2.05. The molecule has 0 unspecified atom stereocenters. The van der Waals surface area contributed by atoms with Gasteiger partial charge >= 0.3 is 5.56 Å². The summed E-state index contributed by atoms with van der Waals surface area (Å²) in [6, 6.07) is 12.6. The summed E-state index contributed by atoms with van der Waals surface area (Å²) in [6.07, 6.45) is 4.16. The minimum atomic E-state index is -0.280. The van der Waals surface area contributed by atoms with E-state index in [1.807, 2.05) is 39.5 Å². The lowest BCUT2D eigenvalue weighted by Gasteiger charge is -2.14. The molecule has 0 amide bonds. The van der Waals surface area contributed by atoms with Crippen molar-refractivity contribution in [3.63, 3.8) is 0 Å². The third kappa shape index (κ3) is 4.04. The highest BCUT2D eigenvalue weighted by Gasteiger charge is 2.24. The highest BCUT2D eigenvalue weighted by Crippen LogP contribution is 2.26. The lowest BCUT2D eigenvalue weighted by atomic mass is 10.1. The van der Waals surface area contributed by atoms with Gasteiger partial charge in [0, 0.05) is 18.1 Å². The molecule has 0 fully saturated rings. The SMILES string of the molecule is COc1cccc(-c2c(O)[n+](CC/C=N/[N+](C)(C)C)c3ccccn3c2=O)c1. The normalized spacial score (nSPS) is 12.0. The molecule has 7 nitrogen and oxygen atoms in total. The van der Waals surface area contributed by atoms with E-state index < -0.39 is 0 Å². The number of methoxy groups -OCH3 is 1. The monoisotopic (exact) mass is 382 g/mol. The van der Waals surface area contributed by atoms with Crippen LogP contribution in [0.1, 0.15) is 6.42 Å². The lowest BCUT2D eigenvalue weighted by Crippen LogP contribution is -2.41. The van der Waals surface area contributed by atoms with Crippen LogP contribution in [0.2, 0.25) is 0 Å². The van der Waals surface area contributed by atoms with Crippen molar-refractivity contribution < 1.29 is 19.0 Å². The van der Waals surface area contributed by atoms with Gasteiger partial charge in [0.1, 0.15) is 5.75 Å². The van der Waals surface area contributed by atoms with Crippen molar-refractivity contribution in [3.05, 3.63) is 59.0 Å². The van der Waals surface area contributed by atoms with Gasteiger partial charge in [-0.3, -0.25) is 0 Å². The summed E-state index contributed by atoms with van der Waals surface area (Å²) in [5.74, 6) is 0.555. The van der Waals surface area contributed by atoms with Gasteiger partial charge in [-0.15, -0.1) is 0 Å². The molecule has 2 heterocycles. The van der Waals surface area contributed by atoms with E-state index in [0.29, 0.717) is 34.5 Å². The lowest BCUT2D eigenvalue weighted by molar-refractivity contribution is -0.876. The summed E-state index contributed by atoms with van der Waals surface area (Å²) in [6.45, 7) is 0.486. The summed E-state index contributed by atoms with van der Waals surface area (Å²) in [5, 5.41) is 15.4. The third-order valence-corrected chi connectivity index (χ3v) is 4.30. The fraction of sp³-hybridized carbons (Fsp3) is 0.286. The van der Waals surface area contributed by atoms with Crippen molar-refractivity contribution in [1.29, 1.82) is 0 Å². The molecule has 2 aromatic heterocycles. The minimum Gasteiger partial charge on any atom is -0.497 e. The van der Waals surface area contributed by atoms with E-state index >= 15 is 0 Å². The van der Waals surface area contributed by atoms with E-state index in [1.165, 1.54) is 0 Å². The Bertz CT molecular complexity index is 1080. The zero-order chi connectivity index (χ0) is 20.3. The molecule has 0 atom stereocenters. The maximum atomic E-state index is 13.1. The highest BCUT2D eigenvalue weighted by molar-refractivity contribution is 5.68. The third-order valence-electron chi connectivity index (χ3n) is 4.30. The number of ether oxygens (including phenoxy) is 1. The Morgan fingerprint density at radius 1 is 1.21 bits per heavy atom. The average molecular weight is 382 g/mol. The molecule has 28 heavy (non-hydrogen) atoms. The van der Waals surface area contributed by atoms with Crippen molar-refractivity contribution in [2.45, 2.75) is 13.0 Å². The van der Waals surface area contributed by atoms with Gasteiger partial charge in [0.25, 0.3) is 11.5 Å². The van der Waals surface area contributed by atoms with Crippen LogP contribution in [0.15, 0.2) is 58.6 Å². The summed E-state index contributed by atoms with van der Waals surface area (Å²) in [4.78, 5) is 13.1. The second-order valence-corrected chi connectivity index (χ2v) is 7.34. The van der Waals surface area contributed by atoms with E-state index in [9.17, 15) is 9.90 Å². The minimum absolute atomic E-state index is 0.0666. The molecule has 0 radical (unpaired) electrons. The first-order chi connectivity index (χ1) is 13.3. The fourth-order valence-corrected chi connectivity index (χ4v) is 3.03. The highest BCUT2D eigenvalue weighted by atomic mass is 16.5. The van der Waals surface area contributed by atoms with E-state index in [-0.39, 0.29) is 17.0 Å². The number of aromatic nitrogens is 2. The van der Waals surface area contributed by atoms with Crippen molar-refractivity contribution >= 4 is 11.9 Å². The summed E-state index contributed by atoms with van der Waals surface area (Å²) in [5.41, 5.74) is 1.19. The van der Waals surface area contributed by atoms with Gasteiger partial charge in [-0.2, -0.15) is 8.97 Å². The number of pyridine rings is 1. The van der Waals surface area contributed by atoms with Gasteiger partial charge in [-0.05, 0) is 18.2 Å². The van der Waals surface area contributed by atoms with Crippen LogP contribution in [0.3, 0.4) is 0 Å². The Kier molecular flexibility index (Phi) is 5.46. The van der Waals surface area contributed by atoms with Gasteiger partial charge in [0.05, 0.1) is 47.2 Å². The molecule has 0 aliphatic rings. The van der Waals surface area contributed by atoms with Gasteiger partial charge in [-0.25, -0.2) is 9.39 Å². The number of nitrogens with zero attached hydrogens (tertiary/aromatic N) is 4. The van der Waals surface area contributed by atoms with Crippen LogP contribution in [-0.2, 0) is 6.54 Å². The van der Waals surface area contributed by atoms with Crippen LogP contribution in [0.4, 0.5) is 0 Å². The first kappa shape index (κ1) is 19.6. The number of quaternary nitrogens is 1. The van der Waals surface area contributed by atoms with Crippen molar-refractivity contribution in [3.8, 4) is 22.8 Å². The van der Waals surface area contributed by atoms with Gasteiger partial charge in [0.15, 0.2) is 5.56 Å². The molecular weight excluding hydrogens is 356 g/mol. The number of benzene rings is 1. The van der Waals surface area contributed by atoms with Crippen molar-refractivity contribution in [2.75, 3.05) is 28.3 Å². The van der Waals surface area contributed by atoms with Gasteiger partial charge < -0.3 is 9.84 Å². The Balaban J connectivity index is 2.15. The second kappa shape index (κ2) is 7.82. The fourth-order valence-electron chi connectivity index (χ4n) is 3.03. The van der Waals surface area contributed by atoms with Crippen LogP contribution < -0.4 is 14.9 Å². The number of rotatable bonds is 6. The van der Waals surface area contributed by atoms with Gasteiger partial charge in [0.2, 0.25) is 0 Å². The Morgan fingerprint density at radius 2 is 2.00 bits per heavy atom. The Hall–Kier alpha value is -3.19. The molecular formula is C21H26N4O3+2. The standard InChI is InChI=1S/C21H25N4O3/c1-25(2,3)22-12-8-14-24-18-11-5-6-13-23(18)20(26)19(21(24)27)16-9-7-10-17(15-16)28-4/h5-7,9-13,15H,8,14H2,1-4H3/q+1/p+1/b22-12+. The molecule has 3 aromatic rings. The molecule has 7 heteroatoms. The summed E-state index contributed by atoms with van der Waals surface area (Å²) < 4.78 is 9.02. The second-order valence-electron chi connectivity index (χ2n) is 7.34.